The standard InChI is InChI=1S/C18H15NO3/c20-16-12-19(18(21)22)11-15(13-7-3-1-4-8-13)17(16)14-9-5-2-6-10-14/h1-10H,11-12H2,(H,21,22). The highest BCUT2D eigenvalue weighted by molar-refractivity contribution is 6.30. The molecule has 1 amide bonds. The van der Waals surface area contributed by atoms with Crippen LogP contribution in [0.1, 0.15) is 11.1 Å². The summed E-state index contributed by atoms with van der Waals surface area (Å²) in [6.07, 6.45) is -1.08. The first kappa shape index (κ1) is 14.1. The Morgan fingerprint density at radius 1 is 0.864 bits per heavy atom. The lowest BCUT2D eigenvalue weighted by Crippen LogP contribution is -2.40. The van der Waals surface area contributed by atoms with Crippen molar-refractivity contribution in [2.75, 3.05) is 13.1 Å². The van der Waals surface area contributed by atoms with Gasteiger partial charge in [-0.05, 0) is 16.7 Å². The minimum Gasteiger partial charge on any atom is -0.465 e. The van der Waals surface area contributed by atoms with E-state index in [-0.39, 0.29) is 18.9 Å². The molecule has 0 aliphatic carbocycles. The Kier molecular flexibility index (Phi) is 3.74. The number of hydrogen-bond acceptors (Lipinski definition) is 2. The van der Waals surface area contributed by atoms with E-state index in [2.05, 4.69) is 0 Å². The highest BCUT2D eigenvalue weighted by Gasteiger charge is 2.29. The summed E-state index contributed by atoms with van der Waals surface area (Å²) < 4.78 is 0. The van der Waals surface area contributed by atoms with E-state index in [0.29, 0.717) is 5.57 Å². The van der Waals surface area contributed by atoms with Gasteiger partial charge in [-0.25, -0.2) is 4.79 Å². The van der Waals surface area contributed by atoms with Crippen molar-refractivity contribution in [2.45, 2.75) is 0 Å². The van der Waals surface area contributed by atoms with E-state index in [9.17, 15) is 14.7 Å². The summed E-state index contributed by atoms with van der Waals surface area (Å²) in [5, 5.41) is 9.23. The second-order valence-electron chi connectivity index (χ2n) is 5.15. The Hall–Kier alpha value is -2.88. The zero-order valence-electron chi connectivity index (χ0n) is 11.9. The van der Waals surface area contributed by atoms with Crippen LogP contribution in [0.5, 0.6) is 0 Å². The molecule has 0 aromatic heterocycles. The lowest BCUT2D eigenvalue weighted by atomic mass is 9.88. The maximum Gasteiger partial charge on any atom is 0.408 e. The summed E-state index contributed by atoms with van der Waals surface area (Å²) in [6, 6.07) is 18.9. The average molecular weight is 293 g/mol. The predicted octanol–water partition coefficient (Wildman–Crippen LogP) is 3.16. The molecule has 0 atom stereocenters. The fraction of sp³-hybridized carbons (Fsp3) is 0.111. The number of nitrogens with zero attached hydrogens (tertiary/aromatic N) is 1. The van der Waals surface area contributed by atoms with Crippen LogP contribution in [0.15, 0.2) is 60.7 Å². The molecule has 2 aromatic rings. The molecule has 0 unspecified atom stereocenters. The van der Waals surface area contributed by atoms with Gasteiger partial charge in [0.25, 0.3) is 0 Å². The van der Waals surface area contributed by atoms with E-state index in [1.54, 1.807) is 0 Å². The normalized spacial score (nSPS) is 15.1. The predicted molar refractivity (Wildman–Crippen MR) is 84.3 cm³/mol. The van der Waals surface area contributed by atoms with E-state index in [1.807, 2.05) is 60.7 Å². The van der Waals surface area contributed by atoms with Crippen molar-refractivity contribution in [1.29, 1.82) is 0 Å². The van der Waals surface area contributed by atoms with Gasteiger partial charge in [0.2, 0.25) is 0 Å². The minimum atomic E-state index is -1.08. The van der Waals surface area contributed by atoms with Crippen molar-refractivity contribution in [2.24, 2.45) is 0 Å². The molecule has 0 fully saturated rings. The van der Waals surface area contributed by atoms with Crippen LogP contribution < -0.4 is 0 Å². The van der Waals surface area contributed by atoms with Crippen molar-refractivity contribution in [3.8, 4) is 0 Å². The van der Waals surface area contributed by atoms with Gasteiger partial charge in [0.15, 0.2) is 5.78 Å². The molecule has 0 saturated heterocycles. The summed E-state index contributed by atoms with van der Waals surface area (Å²) in [4.78, 5) is 25.0. The number of carbonyl (C=O) groups excluding carboxylic acids is 1. The number of amides is 1. The Morgan fingerprint density at radius 2 is 1.41 bits per heavy atom. The lowest BCUT2D eigenvalue weighted by Gasteiger charge is -2.28. The molecule has 110 valence electrons. The van der Waals surface area contributed by atoms with E-state index in [4.69, 9.17) is 0 Å². The molecular formula is C18H15NO3. The number of carbonyl (C=O) groups is 2. The molecule has 2 aromatic carbocycles. The lowest BCUT2D eigenvalue weighted by molar-refractivity contribution is -0.114. The molecule has 0 bridgehead atoms. The van der Waals surface area contributed by atoms with Crippen molar-refractivity contribution >= 4 is 23.0 Å². The monoisotopic (exact) mass is 293 g/mol. The van der Waals surface area contributed by atoms with Crippen LogP contribution in [-0.2, 0) is 4.79 Å². The number of carboxylic acid groups (broad SMARTS) is 1. The summed E-state index contributed by atoms with van der Waals surface area (Å²) >= 11 is 0. The number of rotatable bonds is 2. The van der Waals surface area contributed by atoms with Crippen molar-refractivity contribution in [3.05, 3.63) is 71.8 Å². The Balaban J connectivity index is 2.17. The van der Waals surface area contributed by atoms with E-state index < -0.39 is 6.09 Å². The fourth-order valence-electron chi connectivity index (χ4n) is 2.70. The van der Waals surface area contributed by atoms with E-state index >= 15 is 0 Å². The molecule has 0 radical (unpaired) electrons. The largest absolute Gasteiger partial charge is 0.465 e. The van der Waals surface area contributed by atoms with Crippen molar-refractivity contribution in [1.82, 2.24) is 4.90 Å². The average Bonchev–Trinajstić information content (AvgIpc) is 2.55. The van der Waals surface area contributed by atoms with Crippen LogP contribution in [0.4, 0.5) is 4.79 Å². The van der Waals surface area contributed by atoms with Crippen LogP contribution in [0.25, 0.3) is 11.1 Å². The van der Waals surface area contributed by atoms with Gasteiger partial charge >= 0.3 is 6.09 Å². The molecule has 22 heavy (non-hydrogen) atoms. The van der Waals surface area contributed by atoms with Gasteiger partial charge in [-0.3, -0.25) is 9.69 Å². The zero-order valence-corrected chi connectivity index (χ0v) is 11.9. The Morgan fingerprint density at radius 3 is 1.95 bits per heavy atom. The van der Waals surface area contributed by atoms with Crippen LogP contribution in [0.2, 0.25) is 0 Å². The highest BCUT2D eigenvalue weighted by atomic mass is 16.4. The van der Waals surface area contributed by atoms with Crippen molar-refractivity contribution in [3.63, 3.8) is 0 Å². The third kappa shape index (κ3) is 2.63. The number of hydrogen-bond donors (Lipinski definition) is 1. The van der Waals surface area contributed by atoms with Crippen LogP contribution in [0.3, 0.4) is 0 Å². The number of ketones is 1. The summed E-state index contributed by atoms with van der Waals surface area (Å²) in [5.41, 5.74) is 3.08. The van der Waals surface area contributed by atoms with E-state index in [0.717, 1.165) is 21.6 Å². The highest BCUT2D eigenvalue weighted by Crippen LogP contribution is 2.31. The second kappa shape index (κ2) is 5.85. The van der Waals surface area contributed by atoms with Gasteiger partial charge in [0.1, 0.15) is 0 Å². The molecule has 1 heterocycles. The molecule has 4 nitrogen and oxygen atoms in total. The first-order valence-corrected chi connectivity index (χ1v) is 7.02. The van der Waals surface area contributed by atoms with Gasteiger partial charge in [-0.1, -0.05) is 60.7 Å². The smallest absolute Gasteiger partial charge is 0.408 e. The minimum absolute atomic E-state index is 0.101. The maximum absolute atomic E-state index is 12.5. The van der Waals surface area contributed by atoms with Gasteiger partial charge in [-0.15, -0.1) is 0 Å². The summed E-state index contributed by atoms with van der Waals surface area (Å²) in [5.74, 6) is -0.168. The maximum atomic E-state index is 12.5. The first-order valence-electron chi connectivity index (χ1n) is 7.02. The zero-order chi connectivity index (χ0) is 15.5. The topological polar surface area (TPSA) is 57.6 Å². The van der Waals surface area contributed by atoms with Crippen LogP contribution in [-0.4, -0.2) is 35.0 Å². The third-order valence-corrected chi connectivity index (χ3v) is 3.72. The molecule has 1 aliphatic heterocycles. The van der Waals surface area contributed by atoms with Crippen LogP contribution in [0, 0.1) is 0 Å². The van der Waals surface area contributed by atoms with Gasteiger partial charge in [-0.2, -0.15) is 0 Å². The number of benzene rings is 2. The van der Waals surface area contributed by atoms with Crippen LogP contribution >= 0.6 is 0 Å². The molecule has 4 heteroatoms. The molecule has 0 spiro atoms. The quantitative estimate of drug-likeness (QED) is 0.925. The van der Waals surface area contributed by atoms with Gasteiger partial charge in [0.05, 0.1) is 13.1 Å². The Bertz CT molecular complexity index is 735. The van der Waals surface area contributed by atoms with Gasteiger partial charge in [0, 0.05) is 5.57 Å². The summed E-state index contributed by atoms with van der Waals surface area (Å²) in [7, 11) is 0. The Labute approximate surface area is 128 Å². The second-order valence-corrected chi connectivity index (χ2v) is 5.15. The molecule has 1 aliphatic rings. The van der Waals surface area contributed by atoms with Crippen molar-refractivity contribution < 1.29 is 14.7 Å². The first-order chi connectivity index (χ1) is 10.7. The molecule has 1 N–H and O–H groups in total. The van der Waals surface area contributed by atoms with E-state index in [1.165, 1.54) is 0 Å². The fourth-order valence-corrected chi connectivity index (χ4v) is 2.70. The third-order valence-electron chi connectivity index (χ3n) is 3.72. The number of Topliss-reactive ketones (excluding diaryl/α,β-unsaturated/α-hetero) is 1. The SMILES string of the molecule is O=C1CN(C(=O)O)CC(c2ccccc2)=C1c1ccccc1. The molecule has 3 rings (SSSR count). The molecular weight excluding hydrogens is 278 g/mol. The summed E-state index contributed by atoms with van der Waals surface area (Å²) in [6.45, 7) is 0.116. The van der Waals surface area contributed by atoms with Gasteiger partial charge < -0.3 is 5.11 Å². The molecule has 0 saturated carbocycles.